The fourth-order valence-electron chi connectivity index (χ4n) is 2.78. The van der Waals surface area contributed by atoms with Gasteiger partial charge in [-0.25, -0.2) is 8.42 Å². The number of anilines is 1. The molecule has 0 aliphatic rings. The number of rotatable bonds is 8. The SMILES string of the molecule is CCN(CC)S(=O)(=O)c1ccc(C(=O)NCC(=O)Nc2ccc(C)c(C)c2)cc1. The number of amides is 2. The second kappa shape index (κ2) is 9.67. The van der Waals surface area contributed by atoms with E-state index in [0.717, 1.165) is 11.1 Å². The van der Waals surface area contributed by atoms with E-state index in [1.807, 2.05) is 26.0 Å². The molecule has 0 heterocycles. The molecule has 156 valence electrons. The number of nitrogens with zero attached hydrogens (tertiary/aromatic N) is 1. The van der Waals surface area contributed by atoms with E-state index >= 15 is 0 Å². The summed E-state index contributed by atoms with van der Waals surface area (Å²) in [6, 6.07) is 11.3. The third kappa shape index (κ3) is 5.65. The third-order valence-electron chi connectivity index (χ3n) is 4.66. The van der Waals surface area contributed by atoms with E-state index in [4.69, 9.17) is 0 Å². The number of sulfonamides is 1. The first-order valence-corrected chi connectivity index (χ1v) is 10.9. The predicted octanol–water partition coefficient (Wildman–Crippen LogP) is 2.70. The van der Waals surface area contributed by atoms with Crippen LogP contribution in [0.4, 0.5) is 5.69 Å². The molecule has 2 aromatic rings. The zero-order valence-corrected chi connectivity index (χ0v) is 18.0. The minimum atomic E-state index is -3.57. The minimum absolute atomic E-state index is 0.130. The zero-order chi connectivity index (χ0) is 21.6. The fourth-order valence-corrected chi connectivity index (χ4v) is 4.24. The summed E-state index contributed by atoms with van der Waals surface area (Å²) in [5.74, 6) is -0.797. The second-order valence-electron chi connectivity index (χ2n) is 6.64. The minimum Gasteiger partial charge on any atom is -0.343 e. The highest BCUT2D eigenvalue weighted by Crippen LogP contribution is 2.16. The maximum Gasteiger partial charge on any atom is 0.251 e. The van der Waals surface area contributed by atoms with E-state index < -0.39 is 15.9 Å². The van der Waals surface area contributed by atoms with E-state index in [2.05, 4.69) is 10.6 Å². The molecule has 0 aliphatic carbocycles. The first kappa shape index (κ1) is 22.6. The smallest absolute Gasteiger partial charge is 0.251 e. The van der Waals surface area contributed by atoms with Crippen molar-refractivity contribution in [3.8, 4) is 0 Å². The van der Waals surface area contributed by atoms with Crippen LogP contribution in [0.15, 0.2) is 47.4 Å². The molecule has 2 amide bonds. The van der Waals surface area contributed by atoms with Crippen molar-refractivity contribution in [1.29, 1.82) is 0 Å². The highest BCUT2D eigenvalue weighted by atomic mass is 32.2. The van der Waals surface area contributed by atoms with E-state index in [1.165, 1.54) is 28.6 Å². The molecular formula is C21H27N3O4S. The van der Waals surface area contributed by atoms with Crippen molar-refractivity contribution >= 4 is 27.5 Å². The van der Waals surface area contributed by atoms with Gasteiger partial charge in [0.1, 0.15) is 0 Å². The van der Waals surface area contributed by atoms with Crippen molar-refractivity contribution in [3.63, 3.8) is 0 Å². The van der Waals surface area contributed by atoms with Gasteiger partial charge in [-0.05, 0) is 61.4 Å². The third-order valence-corrected chi connectivity index (χ3v) is 6.72. The Balaban J connectivity index is 1.97. The molecule has 2 aromatic carbocycles. The van der Waals surface area contributed by atoms with Crippen molar-refractivity contribution < 1.29 is 18.0 Å². The largest absolute Gasteiger partial charge is 0.343 e. The molecule has 8 heteroatoms. The highest BCUT2D eigenvalue weighted by Gasteiger charge is 2.21. The van der Waals surface area contributed by atoms with Crippen LogP contribution in [0.5, 0.6) is 0 Å². The lowest BCUT2D eigenvalue weighted by molar-refractivity contribution is -0.115. The van der Waals surface area contributed by atoms with Crippen molar-refractivity contribution in [2.24, 2.45) is 0 Å². The number of hydrogen-bond acceptors (Lipinski definition) is 4. The van der Waals surface area contributed by atoms with Gasteiger partial charge in [-0.2, -0.15) is 4.31 Å². The molecule has 0 fully saturated rings. The van der Waals surface area contributed by atoms with Crippen LogP contribution in [-0.4, -0.2) is 44.2 Å². The molecule has 0 radical (unpaired) electrons. The number of carbonyl (C=O) groups is 2. The summed E-state index contributed by atoms with van der Waals surface area (Å²) >= 11 is 0. The van der Waals surface area contributed by atoms with Crippen molar-refractivity contribution in [3.05, 3.63) is 59.2 Å². The van der Waals surface area contributed by atoms with E-state index in [0.29, 0.717) is 18.8 Å². The van der Waals surface area contributed by atoms with E-state index in [1.54, 1.807) is 19.9 Å². The van der Waals surface area contributed by atoms with Gasteiger partial charge in [-0.15, -0.1) is 0 Å². The van der Waals surface area contributed by atoms with Gasteiger partial charge in [0.2, 0.25) is 15.9 Å². The van der Waals surface area contributed by atoms with Crippen LogP contribution in [0, 0.1) is 13.8 Å². The van der Waals surface area contributed by atoms with Crippen LogP contribution in [0.3, 0.4) is 0 Å². The van der Waals surface area contributed by atoms with Gasteiger partial charge >= 0.3 is 0 Å². The average molecular weight is 418 g/mol. The number of aryl methyl sites for hydroxylation is 2. The lowest BCUT2D eigenvalue weighted by atomic mass is 10.1. The lowest BCUT2D eigenvalue weighted by Gasteiger charge is -2.18. The van der Waals surface area contributed by atoms with E-state index in [-0.39, 0.29) is 22.9 Å². The first-order valence-electron chi connectivity index (χ1n) is 9.44. The summed E-state index contributed by atoms with van der Waals surface area (Å²) in [5, 5.41) is 5.27. The maximum atomic E-state index is 12.5. The number of carbonyl (C=O) groups excluding carboxylic acids is 2. The van der Waals surface area contributed by atoms with Crippen LogP contribution >= 0.6 is 0 Å². The molecule has 29 heavy (non-hydrogen) atoms. The Bertz CT molecular complexity index is 981. The fraction of sp³-hybridized carbons (Fsp3) is 0.333. The van der Waals surface area contributed by atoms with Crippen LogP contribution in [-0.2, 0) is 14.8 Å². The topological polar surface area (TPSA) is 95.6 Å². The summed E-state index contributed by atoms with van der Waals surface area (Å²) in [4.78, 5) is 24.4. The van der Waals surface area contributed by atoms with Crippen LogP contribution < -0.4 is 10.6 Å². The van der Waals surface area contributed by atoms with Gasteiger partial charge in [0.05, 0.1) is 11.4 Å². The Kier molecular flexibility index (Phi) is 7.53. The molecule has 0 saturated heterocycles. The summed E-state index contributed by atoms with van der Waals surface area (Å²) in [7, 11) is -3.57. The molecule has 0 saturated carbocycles. The van der Waals surface area contributed by atoms with Crippen LogP contribution in [0.2, 0.25) is 0 Å². The van der Waals surface area contributed by atoms with Gasteiger partial charge in [0, 0.05) is 24.3 Å². The molecule has 7 nitrogen and oxygen atoms in total. The molecule has 0 bridgehead atoms. The number of hydrogen-bond donors (Lipinski definition) is 2. The number of nitrogens with one attached hydrogen (secondary N) is 2. The zero-order valence-electron chi connectivity index (χ0n) is 17.2. The Hall–Kier alpha value is -2.71. The van der Waals surface area contributed by atoms with Gasteiger partial charge in [-0.1, -0.05) is 19.9 Å². The first-order chi connectivity index (χ1) is 13.7. The quantitative estimate of drug-likeness (QED) is 0.690. The predicted molar refractivity (Wildman–Crippen MR) is 113 cm³/mol. The summed E-state index contributed by atoms with van der Waals surface area (Å²) in [6.07, 6.45) is 0. The monoisotopic (exact) mass is 417 g/mol. The molecular weight excluding hydrogens is 390 g/mol. The van der Waals surface area contributed by atoms with Crippen molar-refractivity contribution in [1.82, 2.24) is 9.62 Å². The Labute approximate surface area is 172 Å². The van der Waals surface area contributed by atoms with E-state index in [9.17, 15) is 18.0 Å². The Morgan fingerprint density at radius 2 is 1.55 bits per heavy atom. The summed E-state index contributed by atoms with van der Waals surface area (Å²) in [5.41, 5.74) is 3.13. The van der Waals surface area contributed by atoms with Crippen molar-refractivity contribution in [2.75, 3.05) is 25.0 Å². The van der Waals surface area contributed by atoms with Crippen molar-refractivity contribution in [2.45, 2.75) is 32.6 Å². The van der Waals surface area contributed by atoms with Gasteiger partial charge in [0.15, 0.2) is 0 Å². The van der Waals surface area contributed by atoms with Gasteiger partial charge < -0.3 is 10.6 Å². The molecule has 0 atom stereocenters. The Morgan fingerprint density at radius 3 is 2.10 bits per heavy atom. The molecule has 0 spiro atoms. The van der Waals surface area contributed by atoms with Crippen LogP contribution in [0.25, 0.3) is 0 Å². The summed E-state index contributed by atoms with van der Waals surface area (Å²) < 4.78 is 26.3. The molecule has 0 aliphatic heterocycles. The average Bonchev–Trinajstić information content (AvgIpc) is 2.70. The maximum absolute atomic E-state index is 12.5. The standard InChI is InChI=1S/C21H27N3O4S/c1-5-24(6-2)29(27,28)19-11-8-17(9-12-19)21(26)22-14-20(25)23-18-10-7-15(3)16(4)13-18/h7-13H,5-6,14H2,1-4H3,(H,22,26)(H,23,25). The molecule has 2 rings (SSSR count). The molecule has 2 N–H and O–H groups in total. The lowest BCUT2D eigenvalue weighted by Crippen LogP contribution is -2.33. The Morgan fingerprint density at radius 1 is 0.931 bits per heavy atom. The number of benzene rings is 2. The normalized spacial score (nSPS) is 11.3. The summed E-state index contributed by atoms with van der Waals surface area (Å²) in [6.45, 7) is 8.03. The highest BCUT2D eigenvalue weighted by molar-refractivity contribution is 7.89. The second-order valence-corrected chi connectivity index (χ2v) is 8.58. The van der Waals surface area contributed by atoms with Crippen LogP contribution in [0.1, 0.15) is 35.3 Å². The molecule has 0 aromatic heterocycles. The van der Waals surface area contributed by atoms with Gasteiger partial charge in [0.25, 0.3) is 5.91 Å². The molecule has 0 unspecified atom stereocenters. The van der Waals surface area contributed by atoms with Gasteiger partial charge in [-0.3, -0.25) is 9.59 Å².